The van der Waals surface area contributed by atoms with Crippen LogP contribution in [0.3, 0.4) is 0 Å². The second kappa shape index (κ2) is 8.12. The van der Waals surface area contributed by atoms with E-state index < -0.39 is 0 Å². The largest absolute Gasteiger partial charge is 0.348 e. The van der Waals surface area contributed by atoms with E-state index in [0.717, 1.165) is 26.2 Å². The molecule has 0 radical (unpaired) electrons. The molecule has 3 heterocycles. The molecule has 0 saturated heterocycles. The van der Waals surface area contributed by atoms with Crippen molar-refractivity contribution in [3.8, 4) is 0 Å². The van der Waals surface area contributed by atoms with Crippen molar-refractivity contribution in [1.29, 1.82) is 0 Å². The number of benzene rings is 1. The maximum absolute atomic E-state index is 12.5. The van der Waals surface area contributed by atoms with Gasteiger partial charge < -0.3 is 10.7 Å². The average Bonchev–Trinajstić information content (AvgIpc) is 3.15. The van der Waals surface area contributed by atoms with Crippen LogP contribution in [-0.2, 0) is 13.0 Å². The number of hydrogen-bond acceptors (Lipinski definition) is 7. The first-order chi connectivity index (χ1) is 13.7. The molecule has 0 aliphatic heterocycles. The smallest absolute Gasteiger partial charge is 0.251 e. The predicted molar refractivity (Wildman–Crippen MR) is 110 cm³/mol. The van der Waals surface area contributed by atoms with Crippen LogP contribution in [0.5, 0.6) is 0 Å². The summed E-state index contributed by atoms with van der Waals surface area (Å²) in [4.78, 5) is 27.0. The summed E-state index contributed by atoms with van der Waals surface area (Å²) in [5.41, 5.74) is 5.24. The topological polar surface area (TPSA) is 106 Å². The normalized spacial score (nSPS) is 10.8. The lowest BCUT2D eigenvalue weighted by molar-refractivity contribution is 0.0951. The van der Waals surface area contributed by atoms with E-state index in [0.29, 0.717) is 24.3 Å². The quantitative estimate of drug-likeness (QED) is 0.345. The van der Waals surface area contributed by atoms with Gasteiger partial charge in [0.25, 0.3) is 5.91 Å². The highest BCUT2D eigenvalue weighted by Crippen LogP contribution is 2.29. The van der Waals surface area contributed by atoms with Gasteiger partial charge in [-0.2, -0.15) is 0 Å². The minimum absolute atomic E-state index is 0.109. The number of thiophene rings is 1. The fourth-order valence-electron chi connectivity index (χ4n) is 2.92. The van der Waals surface area contributed by atoms with Crippen LogP contribution in [0.4, 0.5) is 5.82 Å². The van der Waals surface area contributed by atoms with Gasteiger partial charge in [0.2, 0.25) is 0 Å². The number of nitrogens with two attached hydrogens (primary N) is 1. The van der Waals surface area contributed by atoms with Gasteiger partial charge in [0.05, 0.1) is 5.39 Å². The Morgan fingerprint density at radius 2 is 2.00 bits per heavy atom. The Balaban J connectivity index is 1.48. The number of nitrogen functional groups attached to an aromatic ring is 1. The molecule has 0 fully saturated rings. The van der Waals surface area contributed by atoms with Gasteiger partial charge in [0.1, 0.15) is 11.2 Å². The molecule has 4 N–H and O–H groups in total. The van der Waals surface area contributed by atoms with Gasteiger partial charge in [0, 0.05) is 35.8 Å². The van der Waals surface area contributed by atoms with Gasteiger partial charge in [-0.25, -0.2) is 15.8 Å². The molecule has 140 valence electrons. The van der Waals surface area contributed by atoms with Gasteiger partial charge in [-0.05, 0) is 35.4 Å². The molecule has 4 rings (SSSR count). The summed E-state index contributed by atoms with van der Waals surface area (Å²) in [6, 6.07) is 13.4. The first-order valence-corrected chi connectivity index (χ1v) is 9.50. The summed E-state index contributed by atoms with van der Waals surface area (Å²) in [6.45, 7) is 0.445. The number of anilines is 1. The van der Waals surface area contributed by atoms with Crippen LogP contribution in [-0.4, -0.2) is 20.9 Å². The van der Waals surface area contributed by atoms with Crippen molar-refractivity contribution in [3.05, 3.63) is 82.8 Å². The minimum Gasteiger partial charge on any atom is -0.348 e. The number of pyridine rings is 1. The van der Waals surface area contributed by atoms with Crippen LogP contribution in [0.1, 0.15) is 26.4 Å². The van der Waals surface area contributed by atoms with Crippen LogP contribution in [0.2, 0.25) is 0 Å². The van der Waals surface area contributed by atoms with E-state index in [2.05, 4.69) is 25.7 Å². The van der Waals surface area contributed by atoms with Crippen molar-refractivity contribution in [3.63, 3.8) is 0 Å². The van der Waals surface area contributed by atoms with E-state index in [9.17, 15) is 4.79 Å². The fourth-order valence-corrected chi connectivity index (χ4v) is 3.95. The van der Waals surface area contributed by atoms with Gasteiger partial charge in [0.15, 0.2) is 5.82 Å². The van der Waals surface area contributed by atoms with Gasteiger partial charge >= 0.3 is 0 Å². The maximum Gasteiger partial charge on any atom is 0.251 e. The van der Waals surface area contributed by atoms with Crippen molar-refractivity contribution >= 4 is 33.3 Å². The molecule has 0 spiro atoms. The zero-order valence-corrected chi connectivity index (χ0v) is 15.7. The van der Waals surface area contributed by atoms with E-state index in [1.54, 1.807) is 23.7 Å². The molecular weight excluding hydrogens is 372 g/mol. The van der Waals surface area contributed by atoms with Gasteiger partial charge in [-0.1, -0.05) is 18.2 Å². The molecule has 0 saturated carbocycles. The van der Waals surface area contributed by atoms with Crippen LogP contribution in [0.15, 0.2) is 61.2 Å². The third kappa shape index (κ3) is 3.98. The standard InChI is InChI=1S/C20H18N6OS/c21-26-18-17-9-16(28-20(17)25-12-24-18)8-13-3-1-5-15(7-13)19(27)23-11-14-4-2-6-22-10-14/h1-7,9-10,12H,8,11,21H2,(H,23,27)(H,24,25,26). The van der Waals surface area contributed by atoms with Crippen molar-refractivity contribution in [2.75, 3.05) is 5.43 Å². The molecule has 7 nitrogen and oxygen atoms in total. The SMILES string of the molecule is NNc1ncnc2sc(Cc3cccc(C(=O)NCc4cccnc4)c3)cc12. The number of hydrazine groups is 1. The summed E-state index contributed by atoms with van der Waals surface area (Å²) in [5, 5.41) is 3.82. The third-order valence-corrected chi connectivity index (χ3v) is 5.30. The van der Waals surface area contributed by atoms with E-state index in [1.165, 1.54) is 6.33 Å². The maximum atomic E-state index is 12.5. The highest BCUT2D eigenvalue weighted by Gasteiger charge is 2.10. The van der Waals surface area contributed by atoms with E-state index in [1.807, 2.05) is 42.5 Å². The van der Waals surface area contributed by atoms with Gasteiger partial charge in [-0.15, -0.1) is 11.3 Å². The third-order valence-electron chi connectivity index (χ3n) is 4.26. The summed E-state index contributed by atoms with van der Waals surface area (Å²) in [6.07, 6.45) is 5.65. The molecule has 0 unspecified atom stereocenters. The number of nitrogens with one attached hydrogen (secondary N) is 2. The number of fused-ring (bicyclic) bond motifs is 1. The summed E-state index contributed by atoms with van der Waals surface area (Å²) < 4.78 is 0. The van der Waals surface area contributed by atoms with Gasteiger partial charge in [-0.3, -0.25) is 9.78 Å². The Kier molecular flexibility index (Phi) is 5.22. The lowest BCUT2D eigenvalue weighted by Gasteiger charge is -2.07. The summed E-state index contributed by atoms with van der Waals surface area (Å²) >= 11 is 1.59. The molecular formula is C20H18N6OS. The number of rotatable bonds is 6. The van der Waals surface area contributed by atoms with Crippen molar-refractivity contribution in [1.82, 2.24) is 20.3 Å². The highest BCUT2D eigenvalue weighted by atomic mass is 32.1. The Hall–Kier alpha value is -3.36. The first kappa shape index (κ1) is 18.0. The molecule has 28 heavy (non-hydrogen) atoms. The summed E-state index contributed by atoms with van der Waals surface area (Å²) in [7, 11) is 0. The number of hydrogen-bond donors (Lipinski definition) is 3. The Labute approximate surface area is 165 Å². The monoisotopic (exact) mass is 390 g/mol. The fraction of sp³-hybridized carbons (Fsp3) is 0.100. The molecule has 0 aliphatic carbocycles. The first-order valence-electron chi connectivity index (χ1n) is 8.69. The molecule has 4 aromatic rings. The highest BCUT2D eigenvalue weighted by molar-refractivity contribution is 7.18. The molecule has 0 aliphatic rings. The molecule has 8 heteroatoms. The van der Waals surface area contributed by atoms with E-state index in [-0.39, 0.29) is 5.91 Å². The second-order valence-corrected chi connectivity index (χ2v) is 7.33. The average molecular weight is 390 g/mol. The van der Waals surface area contributed by atoms with Crippen molar-refractivity contribution in [2.45, 2.75) is 13.0 Å². The Morgan fingerprint density at radius 1 is 1.11 bits per heavy atom. The molecule has 1 amide bonds. The van der Waals surface area contributed by atoms with E-state index in [4.69, 9.17) is 5.84 Å². The van der Waals surface area contributed by atoms with Crippen molar-refractivity contribution in [2.24, 2.45) is 5.84 Å². The number of aromatic nitrogens is 3. The number of carbonyl (C=O) groups is 1. The van der Waals surface area contributed by atoms with Crippen molar-refractivity contribution < 1.29 is 4.79 Å². The molecule has 0 bridgehead atoms. The Morgan fingerprint density at radius 3 is 2.82 bits per heavy atom. The molecule has 1 aromatic carbocycles. The minimum atomic E-state index is -0.109. The van der Waals surface area contributed by atoms with Crippen LogP contribution in [0, 0.1) is 0 Å². The Bertz CT molecular complexity index is 1110. The lowest BCUT2D eigenvalue weighted by atomic mass is 10.1. The van der Waals surface area contributed by atoms with Crippen LogP contribution in [0.25, 0.3) is 10.2 Å². The predicted octanol–water partition coefficient (Wildman–Crippen LogP) is 2.89. The molecule has 0 atom stereocenters. The number of amides is 1. The van der Waals surface area contributed by atoms with Crippen LogP contribution < -0.4 is 16.6 Å². The zero-order valence-electron chi connectivity index (χ0n) is 14.9. The number of carbonyl (C=O) groups excluding carboxylic acids is 1. The summed E-state index contributed by atoms with van der Waals surface area (Å²) in [5.74, 6) is 6.02. The zero-order chi connectivity index (χ0) is 19.3. The van der Waals surface area contributed by atoms with Crippen LogP contribution >= 0.6 is 11.3 Å². The molecule has 3 aromatic heterocycles. The number of nitrogens with zero attached hydrogens (tertiary/aromatic N) is 3. The lowest BCUT2D eigenvalue weighted by Crippen LogP contribution is -2.22. The second-order valence-electron chi connectivity index (χ2n) is 6.22. The van der Waals surface area contributed by atoms with E-state index >= 15 is 0 Å².